The van der Waals surface area contributed by atoms with Crippen LogP contribution in [0.15, 0.2) is 12.3 Å². The molecule has 0 aliphatic heterocycles. The molecule has 2 rings (SSSR count). The van der Waals surface area contributed by atoms with Crippen LogP contribution < -0.4 is 5.73 Å². The van der Waals surface area contributed by atoms with Gasteiger partial charge in [-0.25, -0.2) is 0 Å². The zero-order valence-corrected chi connectivity index (χ0v) is 10.2. The van der Waals surface area contributed by atoms with Gasteiger partial charge in [-0.3, -0.25) is 4.68 Å². The first-order valence-corrected chi connectivity index (χ1v) is 6.60. The summed E-state index contributed by atoms with van der Waals surface area (Å²) in [6.07, 6.45) is 9.91. The van der Waals surface area contributed by atoms with Crippen LogP contribution >= 0.6 is 0 Å². The second kappa shape index (κ2) is 5.48. The standard InChI is InChI=1S/C13H23N3/c1-2-16-12(9-10-15-16)13(14)11-7-5-3-4-6-8-11/h9-11,13H,2-8,14H2,1H3. The van der Waals surface area contributed by atoms with Crippen molar-refractivity contribution in [3.05, 3.63) is 18.0 Å². The van der Waals surface area contributed by atoms with Gasteiger partial charge in [0.15, 0.2) is 0 Å². The SMILES string of the molecule is CCn1nccc1C(N)C1CCCCCC1. The third-order valence-electron chi connectivity index (χ3n) is 3.80. The summed E-state index contributed by atoms with van der Waals surface area (Å²) in [6, 6.07) is 2.26. The molecule has 1 unspecified atom stereocenters. The smallest absolute Gasteiger partial charge is 0.0554 e. The molecule has 1 aliphatic rings. The molecule has 0 amide bonds. The second-order valence-corrected chi connectivity index (χ2v) is 4.85. The minimum Gasteiger partial charge on any atom is -0.322 e. The van der Waals surface area contributed by atoms with Crippen LogP contribution in [0.2, 0.25) is 0 Å². The van der Waals surface area contributed by atoms with Crippen molar-refractivity contribution in [2.45, 2.75) is 58.0 Å². The van der Waals surface area contributed by atoms with Gasteiger partial charge < -0.3 is 5.73 Å². The Morgan fingerprint density at radius 3 is 2.69 bits per heavy atom. The second-order valence-electron chi connectivity index (χ2n) is 4.85. The molecule has 0 saturated heterocycles. The minimum absolute atomic E-state index is 0.181. The van der Waals surface area contributed by atoms with Crippen molar-refractivity contribution in [1.29, 1.82) is 0 Å². The predicted molar refractivity (Wildman–Crippen MR) is 66.0 cm³/mol. The summed E-state index contributed by atoms with van der Waals surface area (Å²) >= 11 is 0. The summed E-state index contributed by atoms with van der Waals surface area (Å²) in [7, 11) is 0. The van der Waals surface area contributed by atoms with Gasteiger partial charge >= 0.3 is 0 Å². The Hall–Kier alpha value is -0.830. The van der Waals surface area contributed by atoms with Gasteiger partial charge in [0.25, 0.3) is 0 Å². The first-order valence-electron chi connectivity index (χ1n) is 6.60. The van der Waals surface area contributed by atoms with Crippen molar-refractivity contribution in [3.63, 3.8) is 0 Å². The third-order valence-corrected chi connectivity index (χ3v) is 3.80. The monoisotopic (exact) mass is 221 g/mol. The maximum atomic E-state index is 6.40. The summed E-state index contributed by atoms with van der Waals surface area (Å²) in [6.45, 7) is 3.04. The van der Waals surface area contributed by atoms with Crippen molar-refractivity contribution >= 4 is 0 Å². The Morgan fingerprint density at radius 2 is 2.06 bits per heavy atom. The average Bonchev–Trinajstić information content (AvgIpc) is 2.61. The summed E-state index contributed by atoms with van der Waals surface area (Å²) in [5.74, 6) is 0.657. The highest BCUT2D eigenvalue weighted by atomic mass is 15.3. The summed E-state index contributed by atoms with van der Waals surface area (Å²) in [5, 5.41) is 4.31. The molecule has 16 heavy (non-hydrogen) atoms. The number of nitrogens with zero attached hydrogens (tertiary/aromatic N) is 2. The Balaban J connectivity index is 2.07. The highest BCUT2D eigenvalue weighted by molar-refractivity contribution is 5.07. The Morgan fingerprint density at radius 1 is 1.38 bits per heavy atom. The molecule has 1 aromatic heterocycles. The number of rotatable bonds is 3. The van der Waals surface area contributed by atoms with Crippen LogP contribution in [-0.4, -0.2) is 9.78 Å². The molecule has 90 valence electrons. The van der Waals surface area contributed by atoms with Gasteiger partial charge in [-0.2, -0.15) is 5.10 Å². The fourth-order valence-corrected chi connectivity index (χ4v) is 2.80. The highest BCUT2D eigenvalue weighted by Crippen LogP contribution is 2.31. The van der Waals surface area contributed by atoms with Crippen LogP contribution in [0.25, 0.3) is 0 Å². The van der Waals surface area contributed by atoms with Crippen LogP contribution in [0.5, 0.6) is 0 Å². The van der Waals surface area contributed by atoms with E-state index < -0.39 is 0 Å². The molecule has 1 heterocycles. The molecule has 1 aliphatic carbocycles. The molecule has 1 aromatic rings. The van der Waals surface area contributed by atoms with Crippen molar-refractivity contribution in [2.24, 2.45) is 11.7 Å². The normalized spacial score (nSPS) is 20.6. The number of hydrogen-bond acceptors (Lipinski definition) is 2. The van der Waals surface area contributed by atoms with Gasteiger partial charge in [-0.1, -0.05) is 25.7 Å². The van der Waals surface area contributed by atoms with E-state index in [1.807, 2.05) is 10.9 Å². The first-order chi connectivity index (χ1) is 7.83. The van der Waals surface area contributed by atoms with Crippen molar-refractivity contribution in [3.8, 4) is 0 Å². The lowest BCUT2D eigenvalue weighted by Crippen LogP contribution is -2.24. The van der Waals surface area contributed by atoms with E-state index in [0.717, 1.165) is 6.54 Å². The number of hydrogen-bond donors (Lipinski definition) is 1. The van der Waals surface area contributed by atoms with Crippen LogP contribution in [0.1, 0.15) is 57.2 Å². The molecular formula is C13H23N3. The van der Waals surface area contributed by atoms with E-state index in [1.54, 1.807) is 0 Å². The Bertz CT molecular complexity index is 311. The molecule has 3 heteroatoms. The lowest BCUT2D eigenvalue weighted by molar-refractivity contribution is 0.364. The van der Waals surface area contributed by atoms with Crippen LogP contribution in [0, 0.1) is 5.92 Å². The number of aromatic nitrogens is 2. The topological polar surface area (TPSA) is 43.8 Å². The Kier molecular flexibility index (Phi) is 3.99. The fraction of sp³-hybridized carbons (Fsp3) is 0.769. The molecule has 0 bridgehead atoms. The quantitative estimate of drug-likeness (QED) is 0.798. The fourth-order valence-electron chi connectivity index (χ4n) is 2.80. The van der Waals surface area contributed by atoms with Gasteiger partial charge in [0, 0.05) is 18.8 Å². The van der Waals surface area contributed by atoms with Gasteiger partial charge in [0.2, 0.25) is 0 Å². The summed E-state index contributed by atoms with van der Waals surface area (Å²) in [5.41, 5.74) is 7.62. The maximum absolute atomic E-state index is 6.40. The zero-order valence-electron chi connectivity index (χ0n) is 10.2. The number of nitrogens with two attached hydrogens (primary N) is 1. The van der Waals surface area contributed by atoms with E-state index in [1.165, 1.54) is 44.2 Å². The molecule has 1 atom stereocenters. The van der Waals surface area contributed by atoms with E-state index in [2.05, 4.69) is 18.1 Å². The molecular weight excluding hydrogens is 198 g/mol. The van der Waals surface area contributed by atoms with Crippen LogP contribution in [-0.2, 0) is 6.54 Å². The van der Waals surface area contributed by atoms with Crippen LogP contribution in [0.4, 0.5) is 0 Å². The lowest BCUT2D eigenvalue weighted by atomic mass is 9.90. The maximum Gasteiger partial charge on any atom is 0.0554 e. The van der Waals surface area contributed by atoms with Gasteiger partial charge in [0.1, 0.15) is 0 Å². The van der Waals surface area contributed by atoms with Gasteiger partial charge in [-0.05, 0) is 31.7 Å². The van der Waals surface area contributed by atoms with E-state index in [9.17, 15) is 0 Å². The van der Waals surface area contributed by atoms with E-state index in [4.69, 9.17) is 5.73 Å². The van der Waals surface area contributed by atoms with E-state index in [0.29, 0.717) is 5.92 Å². The molecule has 0 radical (unpaired) electrons. The molecule has 0 aromatic carbocycles. The minimum atomic E-state index is 0.181. The lowest BCUT2D eigenvalue weighted by Gasteiger charge is -2.22. The Labute approximate surface area is 98.0 Å². The van der Waals surface area contributed by atoms with Crippen LogP contribution in [0.3, 0.4) is 0 Å². The van der Waals surface area contributed by atoms with Gasteiger partial charge in [0.05, 0.1) is 5.69 Å². The van der Waals surface area contributed by atoms with Crippen molar-refractivity contribution in [1.82, 2.24) is 9.78 Å². The zero-order chi connectivity index (χ0) is 11.4. The molecule has 1 fully saturated rings. The van der Waals surface area contributed by atoms with Gasteiger partial charge in [-0.15, -0.1) is 0 Å². The predicted octanol–water partition coefficient (Wildman–Crippen LogP) is 2.87. The molecule has 1 saturated carbocycles. The average molecular weight is 221 g/mol. The highest BCUT2D eigenvalue weighted by Gasteiger charge is 2.23. The first kappa shape index (κ1) is 11.6. The van der Waals surface area contributed by atoms with Crippen molar-refractivity contribution < 1.29 is 0 Å². The van der Waals surface area contributed by atoms with Crippen molar-refractivity contribution in [2.75, 3.05) is 0 Å². The number of aryl methyl sites for hydroxylation is 1. The largest absolute Gasteiger partial charge is 0.322 e. The molecule has 2 N–H and O–H groups in total. The summed E-state index contributed by atoms with van der Waals surface area (Å²) in [4.78, 5) is 0. The molecule has 0 spiro atoms. The molecule has 3 nitrogen and oxygen atoms in total. The summed E-state index contributed by atoms with van der Waals surface area (Å²) < 4.78 is 2.04. The third kappa shape index (κ3) is 2.46. The van der Waals surface area contributed by atoms with E-state index in [-0.39, 0.29) is 6.04 Å². The van der Waals surface area contributed by atoms with E-state index >= 15 is 0 Å².